The van der Waals surface area contributed by atoms with Crippen molar-refractivity contribution >= 4 is 51.0 Å². The summed E-state index contributed by atoms with van der Waals surface area (Å²) in [7, 11) is 1.52. The summed E-state index contributed by atoms with van der Waals surface area (Å²) >= 11 is 13.9. The molecule has 0 saturated heterocycles. The van der Waals surface area contributed by atoms with Crippen molar-refractivity contribution in [3.63, 3.8) is 0 Å². The lowest BCUT2D eigenvalue weighted by atomic mass is 9.97. The van der Waals surface area contributed by atoms with E-state index in [0.29, 0.717) is 32.6 Å². The van der Waals surface area contributed by atoms with E-state index in [1.165, 1.54) is 29.3 Å². The van der Waals surface area contributed by atoms with Crippen LogP contribution in [0, 0.1) is 6.92 Å². The first-order valence-corrected chi connectivity index (χ1v) is 10.2. The van der Waals surface area contributed by atoms with E-state index in [9.17, 15) is 4.79 Å². The number of aromatic nitrogens is 2. The van der Waals surface area contributed by atoms with Gasteiger partial charge in [-0.2, -0.15) is 9.78 Å². The molecule has 0 radical (unpaired) electrons. The molecule has 2 heterocycles. The molecule has 2 aromatic heterocycles. The van der Waals surface area contributed by atoms with Gasteiger partial charge in [0.25, 0.3) is 5.56 Å². The molecule has 0 fully saturated rings. The lowest BCUT2D eigenvalue weighted by Crippen LogP contribution is -2.21. The number of thiophene rings is 1. The van der Waals surface area contributed by atoms with E-state index < -0.39 is 0 Å². The van der Waals surface area contributed by atoms with Crippen LogP contribution in [0.25, 0.3) is 10.2 Å². The van der Waals surface area contributed by atoms with Gasteiger partial charge in [0, 0.05) is 15.5 Å². The molecule has 5 nitrogen and oxygen atoms in total. The van der Waals surface area contributed by atoms with Gasteiger partial charge in [-0.05, 0) is 50.3 Å². The SMILES string of the molecule is COc1c(Cl)cc(Cl)cc1C=Nn1c(C)nc2sc3c(c2c1=O)CCCC3. The Labute approximate surface area is 170 Å². The molecule has 3 aromatic rings. The smallest absolute Gasteiger partial charge is 0.283 e. The topological polar surface area (TPSA) is 56.5 Å². The Bertz CT molecular complexity index is 1130. The minimum absolute atomic E-state index is 0.139. The van der Waals surface area contributed by atoms with Crippen LogP contribution in [0.3, 0.4) is 0 Å². The van der Waals surface area contributed by atoms with Crippen molar-refractivity contribution in [3.8, 4) is 5.75 Å². The Morgan fingerprint density at radius 3 is 2.85 bits per heavy atom. The lowest BCUT2D eigenvalue weighted by Gasteiger charge is -2.10. The predicted octanol–water partition coefficient (Wildman–Crippen LogP) is 4.84. The summed E-state index contributed by atoms with van der Waals surface area (Å²) in [5.74, 6) is 0.993. The maximum Gasteiger partial charge on any atom is 0.283 e. The Kier molecular flexibility index (Phi) is 4.97. The Balaban J connectivity index is 1.86. The number of ether oxygens (including phenoxy) is 1. The fourth-order valence-electron chi connectivity index (χ4n) is 3.45. The second kappa shape index (κ2) is 7.26. The quantitative estimate of drug-likeness (QED) is 0.568. The molecule has 0 saturated carbocycles. The van der Waals surface area contributed by atoms with Crippen molar-refractivity contribution in [1.82, 2.24) is 9.66 Å². The number of hydrogen-bond donors (Lipinski definition) is 0. The molecule has 8 heteroatoms. The van der Waals surface area contributed by atoms with Crippen LogP contribution in [0.4, 0.5) is 0 Å². The monoisotopic (exact) mass is 421 g/mol. The van der Waals surface area contributed by atoms with E-state index in [2.05, 4.69) is 10.1 Å². The molecule has 0 atom stereocenters. The summed E-state index contributed by atoms with van der Waals surface area (Å²) in [6.07, 6.45) is 5.75. The van der Waals surface area contributed by atoms with Gasteiger partial charge in [-0.3, -0.25) is 4.79 Å². The molecule has 1 aromatic carbocycles. The molecule has 140 valence electrons. The highest BCUT2D eigenvalue weighted by atomic mass is 35.5. The van der Waals surface area contributed by atoms with Gasteiger partial charge in [0.15, 0.2) is 0 Å². The molecule has 4 rings (SSSR count). The number of rotatable bonds is 3. The number of methoxy groups -OCH3 is 1. The van der Waals surface area contributed by atoms with Gasteiger partial charge in [0.2, 0.25) is 0 Å². The Hall–Kier alpha value is -1.89. The number of benzene rings is 1. The third-order valence-electron chi connectivity index (χ3n) is 4.68. The maximum atomic E-state index is 13.1. The molecule has 1 aliphatic carbocycles. The minimum atomic E-state index is -0.139. The third kappa shape index (κ3) is 3.26. The van der Waals surface area contributed by atoms with Crippen molar-refractivity contribution in [2.45, 2.75) is 32.6 Å². The van der Waals surface area contributed by atoms with Crippen LogP contribution < -0.4 is 10.3 Å². The highest BCUT2D eigenvalue weighted by Gasteiger charge is 2.21. The van der Waals surface area contributed by atoms with Crippen LogP contribution in [-0.2, 0) is 12.8 Å². The molecule has 0 amide bonds. The molecule has 0 N–H and O–H groups in total. The summed E-state index contributed by atoms with van der Waals surface area (Å²) in [6.45, 7) is 1.78. The number of aryl methyl sites for hydroxylation is 3. The summed E-state index contributed by atoms with van der Waals surface area (Å²) in [4.78, 5) is 19.8. The number of fused-ring (bicyclic) bond motifs is 3. The van der Waals surface area contributed by atoms with Crippen LogP contribution in [0.5, 0.6) is 5.75 Å². The summed E-state index contributed by atoms with van der Waals surface area (Å²) in [6, 6.07) is 3.29. The van der Waals surface area contributed by atoms with Crippen LogP contribution in [0.15, 0.2) is 22.0 Å². The van der Waals surface area contributed by atoms with E-state index in [0.717, 1.165) is 29.7 Å². The molecular formula is C19H17Cl2N3O2S. The van der Waals surface area contributed by atoms with Crippen molar-refractivity contribution in [2.24, 2.45) is 5.10 Å². The normalized spacial score (nSPS) is 14.1. The third-order valence-corrected chi connectivity index (χ3v) is 6.37. The first-order chi connectivity index (χ1) is 13.0. The fourth-order valence-corrected chi connectivity index (χ4v) is 5.33. The lowest BCUT2D eigenvalue weighted by molar-refractivity contribution is 0.414. The van der Waals surface area contributed by atoms with E-state index >= 15 is 0 Å². The van der Waals surface area contributed by atoms with Crippen LogP contribution in [0.1, 0.15) is 34.7 Å². The second-order valence-electron chi connectivity index (χ2n) is 6.42. The highest BCUT2D eigenvalue weighted by Crippen LogP contribution is 2.34. The molecule has 27 heavy (non-hydrogen) atoms. The highest BCUT2D eigenvalue weighted by molar-refractivity contribution is 7.18. The Morgan fingerprint density at radius 2 is 2.07 bits per heavy atom. The van der Waals surface area contributed by atoms with E-state index in [-0.39, 0.29) is 5.56 Å². The summed E-state index contributed by atoms with van der Waals surface area (Å²) in [5.41, 5.74) is 1.60. The molecule has 0 spiro atoms. The van der Waals surface area contributed by atoms with Crippen LogP contribution in [-0.4, -0.2) is 23.0 Å². The summed E-state index contributed by atoms with van der Waals surface area (Å²) in [5, 5.41) is 5.92. The van der Waals surface area contributed by atoms with E-state index in [4.69, 9.17) is 27.9 Å². The first-order valence-electron chi connectivity index (χ1n) is 8.61. The van der Waals surface area contributed by atoms with Gasteiger partial charge in [-0.25, -0.2) is 4.98 Å². The fraction of sp³-hybridized carbons (Fsp3) is 0.316. The summed E-state index contributed by atoms with van der Waals surface area (Å²) < 4.78 is 6.66. The standard InChI is InChI=1S/C19H17Cl2N3O2S/c1-10-23-18-16(13-5-3-4-6-15(13)27-18)19(25)24(10)22-9-11-7-12(20)8-14(21)17(11)26-2/h7-9H,3-6H2,1-2H3. The van der Waals surface area contributed by atoms with Crippen molar-refractivity contribution in [1.29, 1.82) is 0 Å². The van der Waals surface area contributed by atoms with Gasteiger partial charge >= 0.3 is 0 Å². The average molecular weight is 422 g/mol. The van der Waals surface area contributed by atoms with Crippen LogP contribution in [0.2, 0.25) is 10.0 Å². The van der Waals surface area contributed by atoms with Crippen LogP contribution >= 0.6 is 34.5 Å². The van der Waals surface area contributed by atoms with Crippen molar-refractivity contribution < 1.29 is 4.74 Å². The molecule has 0 unspecified atom stereocenters. The van der Waals surface area contributed by atoms with Gasteiger partial charge in [-0.15, -0.1) is 11.3 Å². The van der Waals surface area contributed by atoms with E-state index in [1.54, 1.807) is 30.4 Å². The van der Waals surface area contributed by atoms with Gasteiger partial charge in [0.1, 0.15) is 16.4 Å². The molecular weight excluding hydrogens is 405 g/mol. The zero-order valence-corrected chi connectivity index (χ0v) is 17.2. The zero-order chi connectivity index (χ0) is 19.1. The average Bonchev–Trinajstić information content (AvgIpc) is 2.99. The predicted molar refractivity (Wildman–Crippen MR) is 111 cm³/mol. The molecule has 0 aliphatic heterocycles. The van der Waals surface area contributed by atoms with Gasteiger partial charge in [-0.1, -0.05) is 23.2 Å². The number of nitrogens with zero attached hydrogens (tertiary/aromatic N) is 3. The number of halogens is 2. The largest absolute Gasteiger partial charge is 0.495 e. The van der Waals surface area contributed by atoms with Gasteiger partial charge < -0.3 is 4.74 Å². The van der Waals surface area contributed by atoms with Gasteiger partial charge in [0.05, 0.1) is 23.7 Å². The Morgan fingerprint density at radius 1 is 1.30 bits per heavy atom. The molecule has 1 aliphatic rings. The van der Waals surface area contributed by atoms with Crippen molar-refractivity contribution in [2.75, 3.05) is 7.11 Å². The first kappa shape index (κ1) is 18.5. The number of hydrogen-bond acceptors (Lipinski definition) is 5. The zero-order valence-electron chi connectivity index (χ0n) is 14.9. The maximum absolute atomic E-state index is 13.1. The molecule has 0 bridgehead atoms. The van der Waals surface area contributed by atoms with Crippen molar-refractivity contribution in [3.05, 3.63) is 54.4 Å². The second-order valence-corrected chi connectivity index (χ2v) is 8.35. The minimum Gasteiger partial charge on any atom is -0.495 e. The van der Waals surface area contributed by atoms with E-state index in [1.807, 2.05) is 0 Å².